The largest absolute Gasteiger partial charge is 0.418 e. The van der Waals surface area contributed by atoms with Gasteiger partial charge in [-0.15, -0.1) is 0 Å². The molecule has 0 unspecified atom stereocenters. The smallest absolute Gasteiger partial charge is 0.399 e. The van der Waals surface area contributed by atoms with Gasteiger partial charge in [-0.1, -0.05) is 12.1 Å². The van der Waals surface area contributed by atoms with Crippen LogP contribution in [-0.4, -0.2) is 9.85 Å². The van der Waals surface area contributed by atoms with Crippen LogP contribution in [-0.2, 0) is 6.18 Å². The van der Waals surface area contributed by atoms with Gasteiger partial charge in [-0.05, 0) is 23.8 Å². The van der Waals surface area contributed by atoms with E-state index in [-0.39, 0.29) is 11.3 Å². The number of anilines is 2. The number of rotatable bonds is 3. The Morgan fingerprint density at radius 3 is 1.83 bits per heavy atom. The zero-order chi connectivity index (χ0) is 18.2. The zero-order valence-corrected chi connectivity index (χ0v) is 11.7. The van der Waals surface area contributed by atoms with Crippen LogP contribution in [0.5, 0.6) is 0 Å². The van der Waals surface area contributed by atoms with Crippen LogP contribution < -0.4 is 11.5 Å². The Kier molecular flexibility index (Phi) is 4.02. The van der Waals surface area contributed by atoms with Crippen LogP contribution in [0.3, 0.4) is 0 Å². The highest BCUT2D eigenvalue weighted by atomic mass is 19.4. The lowest BCUT2D eigenvalue weighted by Crippen LogP contribution is -2.13. The maximum absolute atomic E-state index is 13.1. The van der Waals surface area contributed by atoms with Crippen LogP contribution in [0.15, 0.2) is 30.3 Å². The second-order valence-electron chi connectivity index (χ2n) is 4.72. The summed E-state index contributed by atoms with van der Waals surface area (Å²) in [7, 11) is 0. The Morgan fingerprint density at radius 1 is 0.917 bits per heavy atom. The Balaban J connectivity index is 2.96. The molecule has 2 rings (SSSR count). The molecule has 8 nitrogen and oxygen atoms in total. The first kappa shape index (κ1) is 17.0. The quantitative estimate of drug-likeness (QED) is 0.498. The molecule has 126 valence electrons. The van der Waals surface area contributed by atoms with Gasteiger partial charge in [0.05, 0.1) is 21.0 Å². The normalized spacial score (nSPS) is 11.3. The van der Waals surface area contributed by atoms with Gasteiger partial charge in [0.2, 0.25) is 0 Å². The van der Waals surface area contributed by atoms with E-state index >= 15 is 0 Å². The van der Waals surface area contributed by atoms with E-state index in [9.17, 15) is 33.4 Å². The topological polar surface area (TPSA) is 138 Å². The van der Waals surface area contributed by atoms with E-state index in [0.29, 0.717) is 6.07 Å². The molecule has 0 saturated carbocycles. The summed E-state index contributed by atoms with van der Waals surface area (Å²) in [5, 5.41) is 22.3. The van der Waals surface area contributed by atoms with Gasteiger partial charge in [0.25, 0.3) is 0 Å². The van der Waals surface area contributed by atoms with E-state index in [2.05, 4.69) is 0 Å². The lowest BCUT2D eigenvalue weighted by atomic mass is 9.97. The molecule has 0 saturated heterocycles. The maximum atomic E-state index is 13.1. The lowest BCUT2D eigenvalue weighted by Gasteiger charge is -2.13. The molecule has 0 bridgehead atoms. The van der Waals surface area contributed by atoms with Crippen molar-refractivity contribution in [1.82, 2.24) is 0 Å². The molecule has 0 heterocycles. The molecule has 0 aromatic heterocycles. The Hall–Kier alpha value is -3.37. The number of nitrogens with zero attached hydrogens (tertiary/aromatic N) is 2. The van der Waals surface area contributed by atoms with Crippen molar-refractivity contribution in [3.05, 3.63) is 56.1 Å². The Labute approximate surface area is 131 Å². The number of halogens is 3. The fourth-order valence-electron chi connectivity index (χ4n) is 2.16. The predicted octanol–water partition coefficient (Wildman–Crippen LogP) is 3.35. The van der Waals surface area contributed by atoms with Gasteiger partial charge in [0.1, 0.15) is 5.69 Å². The second kappa shape index (κ2) is 5.68. The third-order valence-corrected chi connectivity index (χ3v) is 3.21. The third-order valence-electron chi connectivity index (χ3n) is 3.21. The molecule has 24 heavy (non-hydrogen) atoms. The summed E-state index contributed by atoms with van der Waals surface area (Å²) in [5.74, 6) is 0. The number of nitrogen functional groups attached to an aromatic ring is 2. The molecule has 0 atom stereocenters. The number of alkyl halides is 3. The van der Waals surface area contributed by atoms with Crippen molar-refractivity contribution >= 4 is 22.7 Å². The monoisotopic (exact) mass is 342 g/mol. The summed E-state index contributed by atoms with van der Waals surface area (Å²) in [6.45, 7) is 0. The van der Waals surface area contributed by atoms with Gasteiger partial charge in [-0.3, -0.25) is 20.2 Å². The molecular formula is C13H9F3N4O4. The van der Waals surface area contributed by atoms with Crippen molar-refractivity contribution in [3.8, 4) is 11.1 Å². The van der Waals surface area contributed by atoms with E-state index in [0.717, 1.165) is 0 Å². The van der Waals surface area contributed by atoms with Crippen LogP contribution >= 0.6 is 0 Å². The summed E-state index contributed by atoms with van der Waals surface area (Å²) in [4.78, 5) is 19.9. The van der Waals surface area contributed by atoms with Crippen molar-refractivity contribution in [2.24, 2.45) is 0 Å². The van der Waals surface area contributed by atoms with E-state index < -0.39 is 44.2 Å². The number of hydrogen-bond acceptors (Lipinski definition) is 6. The minimum absolute atomic E-state index is 0.0375. The summed E-state index contributed by atoms with van der Waals surface area (Å²) in [5.41, 5.74) is 4.96. The molecule has 0 aliphatic heterocycles. The molecule has 0 radical (unpaired) electrons. The molecule has 0 amide bonds. The first-order chi connectivity index (χ1) is 11.0. The van der Waals surface area contributed by atoms with Gasteiger partial charge >= 0.3 is 17.6 Å². The standard InChI is InChI=1S/C13H9F3N4O4/c14-13(15,16)9-5-8(6-1-3-7(17)4-2-6)11(19(21)22)12(10(9)18)20(23)24/h1-5H,17-18H2. The first-order valence-electron chi connectivity index (χ1n) is 6.22. The molecule has 0 spiro atoms. The summed E-state index contributed by atoms with van der Waals surface area (Å²) in [6.07, 6.45) is -5.02. The Bertz CT molecular complexity index is 835. The lowest BCUT2D eigenvalue weighted by molar-refractivity contribution is -0.421. The SMILES string of the molecule is Nc1ccc(-c2cc(C(F)(F)F)c(N)c([N+](=O)[O-])c2[N+](=O)[O-])cc1. The molecule has 4 N–H and O–H groups in total. The average Bonchev–Trinajstić information content (AvgIpc) is 2.45. The highest BCUT2D eigenvalue weighted by Crippen LogP contribution is 2.47. The van der Waals surface area contributed by atoms with Crippen molar-refractivity contribution in [2.75, 3.05) is 11.5 Å². The molecular weight excluding hydrogens is 333 g/mol. The van der Waals surface area contributed by atoms with E-state index in [4.69, 9.17) is 11.5 Å². The number of nitro groups is 2. The summed E-state index contributed by atoms with van der Waals surface area (Å²) in [6, 6.07) is 5.46. The van der Waals surface area contributed by atoms with Gasteiger partial charge < -0.3 is 11.5 Å². The van der Waals surface area contributed by atoms with Crippen LogP contribution in [0.4, 0.5) is 35.9 Å². The summed E-state index contributed by atoms with van der Waals surface area (Å²) < 4.78 is 39.3. The first-order valence-corrected chi connectivity index (χ1v) is 6.22. The van der Waals surface area contributed by atoms with E-state index in [1.807, 2.05) is 0 Å². The number of nitrogens with two attached hydrogens (primary N) is 2. The molecule has 2 aromatic carbocycles. The molecule has 11 heteroatoms. The summed E-state index contributed by atoms with van der Waals surface area (Å²) >= 11 is 0. The Morgan fingerprint density at radius 2 is 1.42 bits per heavy atom. The highest BCUT2D eigenvalue weighted by molar-refractivity contribution is 5.87. The van der Waals surface area contributed by atoms with Crippen LogP contribution in [0.25, 0.3) is 11.1 Å². The van der Waals surface area contributed by atoms with Crippen molar-refractivity contribution in [2.45, 2.75) is 6.18 Å². The third kappa shape index (κ3) is 2.91. The molecule has 0 aliphatic carbocycles. The van der Waals surface area contributed by atoms with Gasteiger partial charge in [0.15, 0.2) is 0 Å². The molecule has 0 aliphatic rings. The average molecular weight is 342 g/mol. The predicted molar refractivity (Wildman–Crippen MR) is 79.0 cm³/mol. The zero-order valence-electron chi connectivity index (χ0n) is 11.7. The van der Waals surface area contributed by atoms with E-state index in [1.165, 1.54) is 24.3 Å². The number of nitro benzene ring substituents is 2. The van der Waals surface area contributed by atoms with Crippen LogP contribution in [0.2, 0.25) is 0 Å². The minimum Gasteiger partial charge on any atom is -0.399 e. The van der Waals surface area contributed by atoms with Crippen LogP contribution in [0, 0.1) is 20.2 Å². The van der Waals surface area contributed by atoms with Crippen LogP contribution in [0.1, 0.15) is 5.56 Å². The molecule has 0 fully saturated rings. The van der Waals surface area contributed by atoms with Gasteiger partial charge in [0, 0.05) is 5.69 Å². The maximum Gasteiger partial charge on any atom is 0.418 e. The fraction of sp³-hybridized carbons (Fsp3) is 0.0769. The number of hydrogen-bond donors (Lipinski definition) is 2. The second-order valence-corrected chi connectivity index (χ2v) is 4.72. The van der Waals surface area contributed by atoms with Crippen molar-refractivity contribution in [3.63, 3.8) is 0 Å². The van der Waals surface area contributed by atoms with Crippen molar-refractivity contribution in [1.29, 1.82) is 0 Å². The highest BCUT2D eigenvalue weighted by Gasteiger charge is 2.42. The van der Waals surface area contributed by atoms with E-state index in [1.54, 1.807) is 0 Å². The molecule has 2 aromatic rings. The van der Waals surface area contributed by atoms with Gasteiger partial charge in [-0.25, -0.2) is 0 Å². The number of benzene rings is 2. The minimum atomic E-state index is -5.02. The van der Waals surface area contributed by atoms with Crippen molar-refractivity contribution < 1.29 is 23.0 Å². The fourth-order valence-corrected chi connectivity index (χ4v) is 2.16. The van der Waals surface area contributed by atoms with Gasteiger partial charge in [-0.2, -0.15) is 13.2 Å².